The Hall–Kier alpha value is -0.210. The average Bonchev–Trinajstić information content (AvgIpc) is 2.34. The van der Waals surface area contributed by atoms with Gasteiger partial charge in [0.2, 0.25) is 0 Å². The van der Waals surface area contributed by atoms with Crippen LogP contribution in [0.2, 0.25) is 0 Å². The lowest BCUT2D eigenvalue weighted by Crippen LogP contribution is -1.81. The van der Waals surface area contributed by atoms with Crippen LogP contribution in [-0.4, -0.2) is 16.1 Å². The number of aryl methyl sites for hydroxylation is 1. The minimum atomic E-state index is 0. The molecule has 10 heavy (non-hydrogen) atoms. The summed E-state index contributed by atoms with van der Waals surface area (Å²) in [6.07, 6.45) is 5.78. The van der Waals surface area contributed by atoms with Gasteiger partial charge < -0.3 is 0 Å². The molecule has 0 saturated heterocycles. The Labute approximate surface area is 71.4 Å². The van der Waals surface area contributed by atoms with Crippen molar-refractivity contribution in [2.45, 2.75) is 12.8 Å². The summed E-state index contributed by atoms with van der Waals surface area (Å²) >= 11 is 5.49. The maximum atomic E-state index is 5.49. The third kappa shape index (κ3) is 3.08. The Bertz CT molecular complexity index is 151. The van der Waals surface area contributed by atoms with Gasteiger partial charge in [-0.1, -0.05) is 0 Å². The van der Waals surface area contributed by atoms with Crippen LogP contribution < -0.4 is 0 Å². The van der Waals surface area contributed by atoms with Gasteiger partial charge in [-0.05, 0) is 18.4 Å². The lowest BCUT2D eigenvalue weighted by molar-refractivity contribution is 0.930. The molecule has 0 amide bonds. The first-order valence-electron chi connectivity index (χ1n) is 2.97. The zero-order chi connectivity index (χ0) is 6.53. The molecule has 0 fully saturated rings. The van der Waals surface area contributed by atoms with Crippen molar-refractivity contribution in [2.24, 2.45) is 0 Å². The van der Waals surface area contributed by atoms with Crippen LogP contribution in [0.1, 0.15) is 12.0 Å². The largest absolute Gasteiger partial charge is 0.285 e. The van der Waals surface area contributed by atoms with E-state index in [9.17, 15) is 0 Å². The number of halogens is 2. The minimum absolute atomic E-state index is 0. The fourth-order valence-electron chi connectivity index (χ4n) is 0.685. The summed E-state index contributed by atoms with van der Waals surface area (Å²) in [5.74, 6) is 0.727. The van der Waals surface area contributed by atoms with Crippen LogP contribution in [0.15, 0.2) is 12.4 Å². The van der Waals surface area contributed by atoms with Gasteiger partial charge >= 0.3 is 0 Å². The molecule has 0 aliphatic heterocycles. The monoisotopic (exact) mass is 180 g/mol. The van der Waals surface area contributed by atoms with Gasteiger partial charge in [-0.3, -0.25) is 5.10 Å². The summed E-state index contributed by atoms with van der Waals surface area (Å²) in [4.78, 5) is 0. The number of H-pyrrole nitrogens is 1. The molecule has 0 bridgehead atoms. The van der Waals surface area contributed by atoms with E-state index >= 15 is 0 Å². The highest BCUT2D eigenvalue weighted by atomic mass is 35.5. The third-order valence-electron chi connectivity index (χ3n) is 1.15. The fourth-order valence-corrected chi connectivity index (χ4v) is 0.819. The highest BCUT2D eigenvalue weighted by Crippen LogP contribution is 1.99. The summed E-state index contributed by atoms with van der Waals surface area (Å²) in [7, 11) is 0. The average molecular weight is 181 g/mol. The first-order valence-corrected chi connectivity index (χ1v) is 3.50. The molecule has 1 aromatic rings. The van der Waals surface area contributed by atoms with Crippen LogP contribution in [0.25, 0.3) is 0 Å². The molecule has 1 heterocycles. The molecular formula is C6H10Cl2N2. The van der Waals surface area contributed by atoms with E-state index < -0.39 is 0 Å². The van der Waals surface area contributed by atoms with Gasteiger partial charge in [0.1, 0.15) is 0 Å². The summed E-state index contributed by atoms with van der Waals surface area (Å²) in [5.41, 5.74) is 1.23. The van der Waals surface area contributed by atoms with Crippen LogP contribution in [0, 0.1) is 0 Å². The predicted octanol–water partition coefficient (Wildman–Crippen LogP) is 2.00. The highest BCUT2D eigenvalue weighted by molar-refractivity contribution is 6.17. The standard InChI is InChI=1S/C6H9ClN2.ClH/c7-3-1-2-6-4-8-9-5-6;/h4-5H,1-3H2,(H,8,9);1H. The van der Waals surface area contributed by atoms with Gasteiger partial charge in [-0.15, -0.1) is 24.0 Å². The van der Waals surface area contributed by atoms with Gasteiger partial charge in [-0.25, -0.2) is 0 Å². The molecule has 4 heteroatoms. The minimum Gasteiger partial charge on any atom is -0.285 e. The van der Waals surface area contributed by atoms with Crippen molar-refractivity contribution < 1.29 is 0 Å². The topological polar surface area (TPSA) is 28.7 Å². The molecule has 0 radical (unpaired) electrons. The zero-order valence-corrected chi connectivity index (χ0v) is 7.08. The van der Waals surface area contributed by atoms with Gasteiger partial charge in [0, 0.05) is 12.1 Å². The van der Waals surface area contributed by atoms with E-state index in [2.05, 4.69) is 10.2 Å². The molecule has 58 valence electrons. The van der Waals surface area contributed by atoms with Gasteiger partial charge in [-0.2, -0.15) is 5.10 Å². The summed E-state index contributed by atoms with van der Waals surface area (Å²) in [6.45, 7) is 0. The molecule has 1 N–H and O–H groups in total. The van der Waals surface area contributed by atoms with E-state index in [1.807, 2.05) is 12.4 Å². The number of rotatable bonds is 3. The van der Waals surface area contributed by atoms with Crippen molar-refractivity contribution >= 4 is 24.0 Å². The molecule has 0 aromatic carbocycles. The zero-order valence-electron chi connectivity index (χ0n) is 5.51. The molecule has 1 rings (SSSR count). The van der Waals surface area contributed by atoms with Crippen molar-refractivity contribution in [1.29, 1.82) is 0 Å². The van der Waals surface area contributed by atoms with E-state index in [0.29, 0.717) is 0 Å². The van der Waals surface area contributed by atoms with Crippen molar-refractivity contribution in [3.8, 4) is 0 Å². The van der Waals surface area contributed by atoms with E-state index in [-0.39, 0.29) is 12.4 Å². The Balaban J connectivity index is 0.000000810. The fraction of sp³-hybridized carbons (Fsp3) is 0.500. The normalized spacial score (nSPS) is 8.90. The Morgan fingerprint density at radius 3 is 2.90 bits per heavy atom. The number of hydrogen-bond donors (Lipinski definition) is 1. The van der Waals surface area contributed by atoms with Crippen molar-refractivity contribution in [3.63, 3.8) is 0 Å². The second-order valence-electron chi connectivity index (χ2n) is 1.90. The summed E-state index contributed by atoms with van der Waals surface area (Å²) in [6, 6.07) is 0. The first-order chi connectivity index (χ1) is 4.43. The Morgan fingerprint density at radius 2 is 2.40 bits per heavy atom. The van der Waals surface area contributed by atoms with Crippen LogP contribution >= 0.6 is 24.0 Å². The summed E-state index contributed by atoms with van der Waals surface area (Å²) < 4.78 is 0. The van der Waals surface area contributed by atoms with Crippen LogP contribution in [-0.2, 0) is 6.42 Å². The van der Waals surface area contributed by atoms with E-state index in [0.717, 1.165) is 18.7 Å². The quantitative estimate of drug-likeness (QED) is 0.709. The molecule has 0 saturated carbocycles. The molecular weight excluding hydrogens is 171 g/mol. The third-order valence-corrected chi connectivity index (χ3v) is 1.42. The van der Waals surface area contributed by atoms with Gasteiger partial charge in [0.25, 0.3) is 0 Å². The second-order valence-corrected chi connectivity index (χ2v) is 2.28. The lowest BCUT2D eigenvalue weighted by atomic mass is 10.2. The molecule has 0 spiro atoms. The summed E-state index contributed by atoms with van der Waals surface area (Å²) in [5, 5.41) is 6.55. The van der Waals surface area contributed by atoms with Gasteiger partial charge in [0.05, 0.1) is 6.20 Å². The molecule has 0 aliphatic carbocycles. The van der Waals surface area contributed by atoms with E-state index in [4.69, 9.17) is 11.6 Å². The SMILES string of the molecule is Cl.ClCCCc1cn[nH]c1. The highest BCUT2D eigenvalue weighted by Gasteiger charge is 1.90. The first kappa shape index (κ1) is 9.79. The number of nitrogens with one attached hydrogen (secondary N) is 1. The Morgan fingerprint density at radius 1 is 1.60 bits per heavy atom. The number of alkyl halides is 1. The van der Waals surface area contributed by atoms with Crippen molar-refractivity contribution in [3.05, 3.63) is 18.0 Å². The molecule has 0 atom stereocenters. The second kappa shape index (κ2) is 5.57. The maximum Gasteiger partial charge on any atom is 0.0519 e. The molecule has 1 aromatic heterocycles. The smallest absolute Gasteiger partial charge is 0.0519 e. The van der Waals surface area contributed by atoms with Crippen molar-refractivity contribution in [2.75, 3.05) is 5.88 Å². The molecule has 2 nitrogen and oxygen atoms in total. The number of aromatic amines is 1. The molecule has 0 unspecified atom stereocenters. The number of nitrogens with zero attached hydrogens (tertiary/aromatic N) is 1. The number of hydrogen-bond acceptors (Lipinski definition) is 1. The predicted molar refractivity (Wildman–Crippen MR) is 44.9 cm³/mol. The Kier molecular flexibility index (Phi) is 5.45. The van der Waals surface area contributed by atoms with E-state index in [1.54, 1.807) is 0 Å². The van der Waals surface area contributed by atoms with Gasteiger partial charge in [0.15, 0.2) is 0 Å². The van der Waals surface area contributed by atoms with Crippen LogP contribution in [0.4, 0.5) is 0 Å². The molecule has 0 aliphatic rings. The van der Waals surface area contributed by atoms with Crippen LogP contribution in [0.3, 0.4) is 0 Å². The van der Waals surface area contributed by atoms with E-state index in [1.165, 1.54) is 5.56 Å². The van der Waals surface area contributed by atoms with Crippen LogP contribution in [0.5, 0.6) is 0 Å². The van der Waals surface area contributed by atoms with Crippen molar-refractivity contribution in [1.82, 2.24) is 10.2 Å². The lowest BCUT2D eigenvalue weighted by Gasteiger charge is -1.88. The number of aromatic nitrogens is 2. The maximum absolute atomic E-state index is 5.49.